The molecule has 0 bridgehead atoms. The number of fused-ring (bicyclic) bond motifs is 1. The number of nitrogens with zero attached hydrogens (tertiary/aromatic N) is 3. The van der Waals surface area contributed by atoms with Crippen molar-refractivity contribution in [3.05, 3.63) is 54.7 Å². The van der Waals surface area contributed by atoms with Gasteiger partial charge in [-0.2, -0.15) is 0 Å². The molecule has 3 rings (SSSR count). The largest absolute Gasteiger partial charge is 0.339 e. The van der Waals surface area contributed by atoms with Gasteiger partial charge in [-0.25, -0.2) is 19.3 Å². The Morgan fingerprint density at radius 1 is 1.00 bits per heavy atom. The average molecular weight is 240 g/mol. The van der Waals surface area contributed by atoms with Crippen LogP contribution in [-0.4, -0.2) is 15.0 Å². The molecule has 0 aliphatic heterocycles. The first kappa shape index (κ1) is 10.6. The molecule has 1 aromatic carbocycles. The summed E-state index contributed by atoms with van der Waals surface area (Å²) < 4.78 is 13.1. The van der Waals surface area contributed by atoms with Crippen LogP contribution in [0.2, 0.25) is 0 Å². The predicted octanol–water partition coefficient (Wildman–Crippen LogP) is 2.91. The maximum absolute atomic E-state index is 13.1. The van der Waals surface area contributed by atoms with Crippen LogP contribution in [0.3, 0.4) is 0 Å². The zero-order valence-corrected chi connectivity index (χ0v) is 9.34. The van der Waals surface area contributed by atoms with Crippen LogP contribution in [0.5, 0.6) is 0 Å². The minimum Gasteiger partial charge on any atom is -0.339 e. The summed E-state index contributed by atoms with van der Waals surface area (Å²) in [5, 5.41) is 3.85. The fourth-order valence-corrected chi connectivity index (χ4v) is 1.70. The molecule has 0 aliphatic carbocycles. The Morgan fingerprint density at radius 3 is 2.83 bits per heavy atom. The van der Waals surface area contributed by atoms with Crippen molar-refractivity contribution in [2.75, 3.05) is 5.32 Å². The molecule has 3 aromatic rings. The summed E-state index contributed by atoms with van der Waals surface area (Å²) in [5.74, 6) is 0.315. The van der Waals surface area contributed by atoms with Gasteiger partial charge in [0, 0.05) is 11.9 Å². The summed E-state index contributed by atoms with van der Waals surface area (Å²) in [5.41, 5.74) is 1.24. The number of halogens is 1. The van der Waals surface area contributed by atoms with Crippen molar-refractivity contribution in [2.45, 2.75) is 0 Å². The van der Waals surface area contributed by atoms with Gasteiger partial charge in [-0.1, -0.05) is 6.07 Å². The van der Waals surface area contributed by atoms with Crippen molar-refractivity contribution in [3.8, 4) is 0 Å². The lowest BCUT2D eigenvalue weighted by atomic mass is 10.3. The van der Waals surface area contributed by atoms with Crippen molar-refractivity contribution in [1.82, 2.24) is 15.0 Å². The van der Waals surface area contributed by atoms with Crippen LogP contribution in [0.25, 0.3) is 11.0 Å². The Kier molecular flexibility index (Phi) is 2.57. The number of aromatic nitrogens is 3. The molecule has 2 heterocycles. The normalized spacial score (nSPS) is 10.5. The third kappa shape index (κ3) is 1.98. The van der Waals surface area contributed by atoms with Crippen LogP contribution in [-0.2, 0) is 0 Å². The monoisotopic (exact) mass is 240 g/mol. The second-order valence-electron chi connectivity index (χ2n) is 3.73. The molecule has 1 N–H and O–H groups in total. The van der Waals surface area contributed by atoms with E-state index in [9.17, 15) is 4.39 Å². The van der Waals surface area contributed by atoms with E-state index in [0.717, 1.165) is 5.39 Å². The molecule has 0 fully saturated rings. The third-order valence-corrected chi connectivity index (χ3v) is 2.50. The second kappa shape index (κ2) is 4.37. The number of benzene rings is 1. The lowest BCUT2D eigenvalue weighted by Crippen LogP contribution is -1.97. The summed E-state index contributed by atoms with van der Waals surface area (Å²) in [4.78, 5) is 12.3. The molecule has 2 aromatic heterocycles. The maximum Gasteiger partial charge on any atom is 0.164 e. The standard InChI is InChI=1S/C13H9FN4/c14-9-3-1-4-10(7-9)18-13-11-5-2-6-15-12(11)16-8-17-13/h1-8H,(H,15,16,17,18). The summed E-state index contributed by atoms with van der Waals surface area (Å²) in [6.45, 7) is 0. The highest BCUT2D eigenvalue weighted by Crippen LogP contribution is 2.21. The van der Waals surface area contributed by atoms with Crippen LogP contribution in [0.1, 0.15) is 0 Å². The van der Waals surface area contributed by atoms with E-state index in [1.54, 1.807) is 18.3 Å². The van der Waals surface area contributed by atoms with Crippen molar-refractivity contribution in [3.63, 3.8) is 0 Å². The number of pyridine rings is 1. The summed E-state index contributed by atoms with van der Waals surface area (Å²) >= 11 is 0. The molecule has 18 heavy (non-hydrogen) atoms. The fourth-order valence-electron chi connectivity index (χ4n) is 1.70. The van der Waals surface area contributed by atoms with E-state index in [2.05, 4.69) is 20.3 Å². The molecule has 0 radical (unpaired) electrons. The first-order valence-corrected chi connectivity index (χ1v) is 5.41. The van der Waals surface area contributed by atoms with Crippen molar-refractivity contribution in [1.29, 1.82) is 0 Å². The topological polar surface area (TPSA) is 50.7 Å². The van der Waals surface area contributed by atoms with Gasteiger partial charge in [0.15, 0.2) is 5.65 Å². The lowest BCUT2D eigenvalue weighted by Gasteiger charge is -2.07. The highest BCUT2D eigenvalue weighted by atomic mass is 19.1. The Bertz CT molecular complexity index is 694. The molecular formula is C13H9FN4. The SMILES string of the molecule is Fc1cccc(Nc2ncnc3ncccc23)c1. The minimum atomic E-state index is -0.295. The molecule has 0 spiro atoms. The molecule has 0 atom stereocenters. The van der Waals surface area contributed by atoms with E-state index >= 15 is 0 Å². The van der Waals surface area contributed by atoms with Gasteiger partial charge in [0.05, 0.1) is 5.39 Å². The second-order valence-corrected chi connectivity index (χ2v) is 3.73. The van der Waals surface area contributed by atoms with Gasteiger partial charge >= 0.3 is 0 Å². The van der Waals surface area contributed by atoms with Gasteiger partial charge in [-0.3, -0.25) is 0 Å². The number of nitrogens with one attached hydrogen (secondary N) is 1. The molecule has 0 saturated heterocycles. The van der Waals surface area contributed by atoms with E-state index in [1.807, 2.05) is 12.1 Å². The minimum absolute atomic E-state index is 0.295. The molecular weight excluding hydrogens is 231 g/mol. The molecule has 0 saturated carbocycles. The zero-order valence-electron chi connectivity index (χ0n) is 9.34. The molecule has 4 nitrogen and oxygen atoms in total. The number of hydrogen-bond donors (Lipinski definition) is 1. The Balaban J connectivity index is 2.05. The van der Waals surface area contributed by atoms with Crippen molar-refractivity contribution in [2.24, 2.45) is 0 Å². The van der Waals surface area contributed by atoms with E-state index < -0.39 is 0 Å². The molecule has 0 aliphatic rings. The number of rotatable bonds is 2. The van der Waals surface area contributed by atoms with Gasteiger partial charge < -0.3 is 5.32 Å². The average Bonchev–Trinajstić information content (AvgIpc) is 2.39. The Hall–Kier alpha value is -2.56. The smallest absolute Gasteiger partial charge is 0.164 e. The van der Waals surface area contributed by atoms with Crippen LogP contribution >= 0.6 is 0 Å². The highest BCUT2D eigenvalue weighted by Gasteiger charge is 2.04. The van der Waals surface area contributed by atoms with E-state index in [1.165, 1.54) is 18.5 Å². The Labute approximate surface area is 103 Å². The van der Waals surface area contributed by atoms with Gasteiger partial charge in [-0.05, 0) is 30.3 Å². The highest BCUT2D eigenvalue weighted by molar-refractivity contribution is 5.87. The van der Waals surface area contributed by atoms with E-state index in [4.69, 9.17) is 0 Å². The van der Waals surface area contributed by atoms with Crippen molar-refractivity contribution < 1.29 is 4.39 Å². The first-order chi connectivity index (χ1) is 8.83. The van der Waals surface area contributed by atoms with Gasteiger partial charge in [0.1, 0.15) is 18.0 Å². The number of anilines is 2. The summed E-state index contributed by atoms with van der Waals surface area (Å²) in [6.07, 6.45) is 3.10. The molecule has 88 valence electrons. The van der Waals surface area contributed by atoms with Crippen LogP contribution in [0.4, 0.5) is 15.9 Å². The quantitative estimate of drug-likeness (QED) is 0.748. The number of hydrogen-bond acceptors (Lipinski definition) is 4. The van der Waals surface area contributed by atoms with Crippen molar-refractivity contribution >= 4 is 22.5 Å². The first-order valence-electron chi connectivity index (χ1n) is 5.41. The maximum atomic E-state index is 13.1. The van der Waals surface area contributed by atoms with Gasteiger partial charge in [-0.15, -0.1) is 0 Å². The lowest BCUT2D eigenvalue weighted by molar-refractivity contribution is 0.628. The van der Waals surface area contributed by atoms with E-state index in [-0.39, 0.29) is 5.82 Å². The zero-order chi connectivity index (χ0) is 12.4. The predicted molar refractivity (Wildman–Crippen MR) is 67.0 cm³/mol. The fraction of sp³-hybridized carbons (Fsp3) is 0. The van der Waals surface area contributed by atoms with Gasteiger partial charge in [0.2, 0.25) is 0 Å². The van der Waals surface area contributed by atoms with Crippen LogP contribution < -0.4 is 5.32 Å². The summed E-state index contributed by atoms with van der Waals surface area (Å²) in [7, 11) is 0. The third-order valence-electron chi connectivity index (χ3n) is 2.50. The van der Waals surface area contributed by atoms with E-state index in [0.29, 0.717) is 17.2 Å². The summed E-state index contributed by atoms with van der Waals surface area (Å²) in [6, 6.07) is 9.88. The molecule has 5 heteroatoms. The van der Waals surface area contributed by atoms with Crippen LogP contribution in [0.15, 0.2) is 48.9 Å². The molecule has 0 amide bonds. The van der Waals surface area contributed by atoms with Crippen LogP contribution in [0, 0.1) is 5.82 Å². The van der Waals surface area contributed by atoms with Gasteiger partial charge in [0.25, 0.3) is 0 Å². The molecule has 0 unspecified atom stereocenters. The Morgan fingerprint density at radius 2 is 1.94 bits per heavy atom.